The van der Waals surface area contributed by atoms with Gasteiger partial charge in [-0.05, 0) is 25.0 Å². The molecule has 0 aliphatic carbocycles. The molecule has 1 atom stereocenters. The molecule has 10 heteroatoms. The Balaban J connectivity index is 1.79. The van der Waals surface area contributed by atoms with Crippen molar-refractivity contribution in [3.05, 3.63) is 42.2 Å². The van der Waals surface area contributed by atoms with Crippen molar-refractivity contribution in [3.8, 4) is 11.8 Å². The summed E-state index contributed by atoms with van der Waals surface area (Å²) in [5.41, 5.74) is 0. The van der Waals surface area contributed by atoms with Crippen LogP contribution >= 0.6 is 0 Å². The van der Waals surface area contributed by atoms with Crippen LogP contribution in [0.5, 0.6) is 11.8 Å². The molecule has 1 fully saturated rings. The number of hydrogen-bond acceptors (Lipinski definition) is 6. The molecule has 0 saturated carbocycles. The maximum Gasteiger partial charge on any atom is 0.278 e. The molecule has 0 amide bonds. The van der Waals surface area contributed by atoms with Gasteiger partial charge in [0, 0.05) is 25.0 Å². The van der Waals surface area contributed by atoms with E-state index < -0.39 is 32.7 Å². The summed E-state index contributed by atoms with van der Waals surface area (Å²) in [5, 5.41) is 0. The molecule has 1 aliphatic heterocycles. The third-order valence-corrected chi connectivity index (χ3v) is 5.86. The van der Waals surface area contributed by atoms with Crippen molar-refractivity contribution < 1.29 is 26.7 Å². The standard InChI is InChI=1S/C16H17F2N3O4S/c1-24-15-16(20-7-6-19-15)25-12-3-2-8-21(10-12)26(22,23)14-5-4-11(17)9-13(14)18/h4-7,9,12H,2-3,8,10H2,1H3. The number of aromatic nitrogens is 2. The molecule has 1 aromatic heterocycles. The van der Waals surface area contributed by atoms with E-state index in [0.717, 1.165) is 16.4 Å². The van der Waals surface area contributed by atoms with Crippen LogP contribution in [0.4, 0.5) is 8.78 Å². The van der Waals surface area contributed by atoms with E-state index in [9.17, 15) is 17.2 Å². The lowest BCUT2D eigenvalue weighted by Crippen LogP contribution is -2.44. The highest BCUT2D eigenvalue weighted by Gasteiger charge is 2.33. The van der Waals surface area contributed by atoms with Crippen LogP contribution in [-0.4, -0.2) is 49.0 Å². The fourth-order valence-electron chi connectivity index (χ4n) is 2.73. The number of halogens is 2. The van der Waals surface area contributed by atoms with E-state index in [2.05, 4.69) is 9.97 Å². The number of benzene rings is 1. The molecule has 2 aromatic rings. The van der Waals surface area contributed by atoms with Gasteiger partial charge < -0.3 is 9.47 Å². The van der Waals surface area contributed by atoms with E-state index >= 15 is 0 Å². The Kier molecular flexibility index (Phi) is 5.33. The normalized spacial score (nSPS) is 18.5. The summed E-state index contributed by atoms with van der Waals surface area (Å²) in [6.07, 6.45) is 3.50. The Morgan fingerprint density at radius 2 is 1.92 bits per heavy atom. The van der Waals surface area contributed by atoms with E-state index in [4.69, 9.17) is 9.47 Å². The number of hydrogen-bond donors (Lipinski definition) is 0. The first kappa shape index (κ1) is 18.5. The topological polar surface area (TPSA) is 81.6 Å². The zero-order chi connectivity index (χ0) is 18.7. The molecule has 0 bridgehead atoms. The predicted octanol–water partition coefficient (Wildman–Crippen LogP) is 2.00. The summed E-state index contributed by atoms with van der Waals surface area (Å²) in [5.74, 6) is -1.61. The number of sulfonamides is 1. The molecule has 3 rings (SSSR count). The van der Waals surface area contributed by atoms with Crippen molar-refractivity contribution in [2.75, 3.05) is 20.2 Å². The van der Waals surface area contributed by atoms with Crippen molar-refractivity contribution in [3.63, 3.8) is 0 Å². The largest absolute Gasteiger partial charge is 0.477 e. The molecule has 0 radical (unpaired) electrons. The summed E-state index contributed by atoms with van der Waals surface area (Å²) in [6, 6.07) is 2.39. The summed E-state index contributed by atoms with van der Waals surface area (Å²) >= 11 is 0. The fraction of sp³-hybridized carbons (Fsp3) is 0.375. The van der Waals surface area contributed by atoms with Gasteiger partial charge in [-0.15, -0.1) is 0 Å². The van der Waals surface area contributed by atoms with Gasteiger partial charge in [0.1, 0.15) is 22.6 Å². The van der Waals surface area contributed by atoms with Crippen LogP contribution < -0.4 is 9.47 Å². The number of piperidine rings is 1. The Labute approximate surface area is 149 Å². The van der Waals surface area contributed by atoms with Crippen molar-refractivity contribution in [2.24, 2.45) is 0 Å². The summed E-state index contributed by atoms with van der Waals surface area (Å²) in [7, 11) is -2.68. The third-order valence-electron chi connectivity index (χ3n) is 3.96. The Morgan fingerprint density at radius 3 is 2.62 bits per heavy atom. The van der Waals surface area contributed by atoms with Crippen LogP contribution in [0.25, 0.3) is 0 Å². The predicted molar refractivity (Wildman–Crippen MR) is 87.4 cm³/mol. The third kappa shape index (κ3) is 3.75. The van der Waals surface area contributed by atoms with Gasteiger partial charge in [0.05, 0.1) is 13.7 Å². The minimum absolute atomic E-state index is 0.0128. The van der Waals surface area contributed by atoms with Gasteiger partial charge in [-0.3, -0.25) is 0 Å². The van der Waals surface area contributed by atoms with Crippen molar-refractivity contribution >= 4 is 10.0 Å². The van der Waals surface area contributed by atoms with E-state index in [1.54, 1.807) is 0 Å². The molecule has 0 N–H and O–H groups in total. The van der Waals surface area contributed by atoms with Crippen LogP contribution in [0.2, 0.25) is 0 Å². The van der Waals surface area contributed by atoms with Gasteiger partial charge in [0.2, 0.25) is 10.0 Å². The highest BCUT2D eigenvalue weighted by atomic mass is 32.2. The van der Waals surface area contributed by atoms with Crippen LogP contribution in [0, 0.1) is 11.6 Å². The molecular weight excluding hydrogens is 368 g/mol. The second kappa shape index (κ2) is 7.50. The van der Waals surface area contributed by atoms with Crippen LogP contribution in [-0.2, 0) is 10.0 Å². The number of ether oxygens (including phenoxy) is 2. The maximum atomic E-state index is 13.9. The Morgan fingerprint density at radius 1 is 1.19 bits per heavy atom. The van der Waals surface area contributed by atoms with Crippen molar-refractivity contribution in [1.82, 2.24) is 14.3 Å². The average Bonchev–Trinajstić information content (AvgIpc) is 2.62. The lowest BCUT2D eigenvalue weighted by molar-refractivity contribution is 0.119. The van der Waals surface area contributed by atoms with Crippen molar-refractivity contribution in [1.29, 1.82) is 0 Å². The summed E-state index contributed by atoms with van der Waals surface area (Å²) in [4.78, 5) is 7.45. The lowest BCUT2D eigenvalue weighted by atomic mass is 10.1. The van der Waals surface area contributed by atoms with Crippen molar-refractivity contribution in [2.45, 2.75) is 23.8 Å². The minimum Gasteiger partial charge on any atom is -0.477 e. The van der Waals surface area contributed by atoms with E-state index in [1.165, 1.54) is 19.5 Å². The van der Waals surface area contributed by atoms with Gasteiger partial charge in [0.25, 0.3) is 11.8 Å². The highest BCUT2D eigenvalue weighted by molar-refractivity contribution is 7.89. The monoisotopic (exact) mass is 385 g/mol. The van der Waals surface area contributed by atoms with E-state index in [0.29, 0.717) is 18.9 Å². The first-order valence-corrected chi connectivity index (χ1v) is 9.32. The average molecular weight is 385 g/mol. The van der Waals surface area contributed by atoms with Gasteiger partial charge in [-0.25, -0.2) is 27.2 Å². The van der Waals surface area contributed by atoms with Gasteiger partial charge in [-0.1, -0.05) is 0 Å². The van der Waals surface area contributed by atoms with Gasteiger partial charge >= 0.3 is 0 Å². The molecule has 26 heavy (non-hydrogen) atoms. The second-order valence-corrected chi connectivity index (χ2v) is 7.60. The zero-order valence-electron chi connectivity index (χ0n) is 13.9. The fourth-order valence-corrected chi connectivity index (χ4v) is 4.29. The quantitative estimate of drug-likeness (QED) is 0.783. The van der Waals surface area contributed by atoms with Crippen LogP contribution in [0.1, 0.15) is 12.8 Å². The summed E-state index contributed by atoms with van der Waals surface area (Å²) in [6.45, 7) is 0.232. The number of nitrogens with zero attached hydrogens (tertiary/aromatic N) is 3. The van der Waals surface area contributed by atoms with E-state index in [-0.39, 0.29) is 24.8 Å². The smallest absolute Gasteiger partial charge is 0.278 e. The highest BCUT2D eigenvalue weighted by Crippen LogP contribution is 2.27. The van der Waals surface area contributed by atoms with Gasteiger partial charge in [-0.2, -0.15) is 4.31 Å². The maximum absolute atomic E-state index is 13.9. The molecule has 140 valence electrons. The number of methoxy groups -OCH3 is 1. The number of rotatable bonds is 5. The molecule has 2 heterocycles. The lowest BCUT2D eigenvalue weighted by Gasteiger charge is -2.31. The molecule has 1 unspecified atom stereocenters. The molecule has 1 aromatic carbocycles. The molecular formula is C16H17F2N3O4S. The molecule has 7 nitrogen and oxygen atoms in total. The molecule has 0 spiro atoms. The van der Waals surface area contributed by atoms with Crippen LogP contribution in [0.15, 0.2) is 35.5 Å². The SMILES string of the molecule is COc1nccnc1OC1CCCN(S(=O)(=O)c2ccc(F)cc2F)C1. The first-order chi connectivity index (χ1) is 12.4. The Hall–Kier alpha value is -2.33. The molecule has 1 aliphatic rings. The zero-order valence-corrected chi connectivity index (χ0v) is 14.7. The summed E-state index contributed by atoms with van der Waals surface area (Å²) < 4.78 is 64.3. The van der Waals surface area contributed by atoms with E-state index in [1.807, 2.05) is 0 Å². The molecule has 1 saturated heterocycles. The van der Waals surface area contributed by atoms with Crippen LogP contribution in [0.3, 0.4) is 0 Å². The Bertz CT molecular complexity index is 895. The minimum atomic E-state index is -4.11. The van der Waals surface area contributed by atoms with Gasteiger partial charge in [0.15, 0.2) is 0 Å². The first-order valence-electron chi connectivity index (χ1n) is 7.88. The second-order valence-electron chi connectivity index (χ2n) is 5.69.